The summed E-state index contributed by atoms with van der Waals surface area (Å²) in [5.41, 5.74) is 11.0. The van der Waals surface area contributed by atoms with E-state index in [-0.39, 0.29) is 40.5 Å². The molecular formula is C19H23FN11O8PS. The maximum atomic E-state index is 15.0. The van der Waals surface area contributed by atoms with E-state index in [9.17, 15) is 19.6 Å². The molecule has 7 N–H and O–H groups in total. The van der Waals surface area contributed by atoms with Crippen molar-refractivity contribution in [2.45, 2.75) is 49.5 Å². The Kier molecular flexibility index (Phi) is 7.14. The molecule has 220 valence electrons. The lowest BCUT2D eigenvalue weighted by molar-refractivity contribution is -0.0554. The second kappa shape index (κ2) is 10.5. The average Bonchev–Trinajstić information content (AvgIpc) is 3.69. The van der Waals surface area contributed by atoms with Gasteiger partial charge in [-0.2, -0.15) is 9.67 Å². The van der Waals surface area contributed by atoms with Crippen molar-refractivity contribution in [2.24, 2.45) is 0 Å². The van der Waals surface area contributed by atoms with Crippen LogP contribution in [-0.2, 0) is 23.1 Å². The van der Waals surface area contributed by atoms with E-state index in [1.165, 1.54) is 10.9 Å². The number of alkyl halides is 1. The highest BCUT2D eigenvalue weighted by molar-refractivity contribution is 8.44. The molecule has 4 aromatic heterocycles. The van der Waals surface area contributed by atoms with Crippen molar-refractivity contribution < 1.29 is 37.7 Å². The number of nitrogens with two attached hydrogens (primary N) is 2. The van der Waals surface area contributed by atoms with Crippen molar-refractivity contribution in [3.8, 4) is 0 Å². The van der Waals surface area contributed by atoms with E-state index in [4.69, 9.17) is 30.0 Å². The molecule has 0 spiro atoms. The van der Waals surface area contributed by atoms with Crippen LogP contribution in [0.15, 0.2) is 17.4 Å². The number of ether oxygens (including phenoxy) is 2. The van der Waals surface area contributed by atoms with Crippen LogP contribution in [0, 0.1) is 0 Å². The molecule has 22 heteroatoms. The average molecular weight is 616 g/mol. The highest BCUT2D eigenvalue weighted by atomic mass is 32.7. The van der Waals surface area contributed by atoms with Gasteiger partial charge in [-0.15, -0.1) is 5.10 Å². The fraction of sp³-hybridized carbons (Fsp3) is 0.526. The number of nitrogens with one attached hydrogen (secondary N) is 1. The van der Waals surface area contributed by atoms with Gasteiger partial charge in [-0.25, -0.2) is 23.9 Å². The standard InChI is InChI=1S/C19H23FN11O8PS/c20-9-12(33)8(38-18(9)31-14-10(28-29-31)13(21)23-4-24-14)3-36-40(35,41)39-7-1-6(2-32)37-17(7)30-5-25-11-15(30)26-19(22)27-16(11)34/h4-9,12,17-18,32-33H,1-3H2,(H,35,41)(H2,21,23,24)(H3,22,26,27,34)/t6-,7+,8+,9-,12+,17+,18+,40?/m0/s1. The number of aromatic amines is 1. The molecule has 2 aliphatic rings. The number of hydrogen-bond acceptors (Lipinski definition) is 16. The summed E-state index contributed by atoms with van der Waals surface area (Å²) in [6.45, 7) is -5.21. The van der Waals surface area contributed by atoms with Crippen LogP contribution >= 0.6 is 19.0 Å². The van der Waals surface area contributed by atoms with E-state index >= 15 is 4.39 Å². The third-order valence-electron chi connectivity index (χ3n) is 6.57. The fourth-order valence-electron chi connectivity index (χ4n) is 4.66. The topological polar surface area (TPSA) is 267 Å². The lowest BCUT2D eigenvalue weighted by Crippen LogP contribution is -2.31. The number of thiol groups is 1. The number of aliphatic hydroxyl groups excluding tert-OH is 2. The van der Waals surface area contributed by atoms with Crippen LogP contribution in [0.2, 0.25) is 0 Å². The van der Waals surface area contributed by atoms with Gasteiger partial charge < -0.3 is 31.2 Å². The number of aromatic nitrogens is 9. The monoisotopic (exact) mass is 615 g/mol. The number of anilines is 2. The summed E-state index contributed by atoms with van der Waals surface area (Å²) in [6, 6.07) is 0. The summed E-state index contributed by atoms with van der Waals surface area (Å²) in [5.74, 6) is -0.147. The summed E-state index contributed by atoms with van der Waals surface area (Å²) in [6.07, 6.45) is -6.83. The molecule has 0 bridgehead atoms. The molecular weight excluding hydrogens is 592 g/mol. The first kappa shape index (κ1) is 27.8. The molecule has 0 saturated carbocycles. The number of halogens is 1. The summed E-state index contributed by atoms with van der Waals surface area (Å²) in [4.78, 5) is 30.4. The van der Waals surface area contributed by atoms with Crippen LogP contribution in [0.5, 0.6) is 0 Å². The minimum atomic E-state index is -4.22. The van der Waals surface area contributed by atoms with Gasteiger partial charge in [0.15, 0.2) is 46.8 Å². The molecule has 19 nitrogen and oxygen atoms in total. The number of rotatable bonds is 8. The third-order valence-corrected chi connectivity index (χ3v) is 8.21. The Labute approximate surface area is 232 Å². The lowest BCUT2D eigenvalue weighted by Gasteiger charge is -2.24. The number of H-pyrrole nitrogens is 1. The van der Waals surface area contributed by atoms with Crippen LogP contribution in [-0.4, -0.2) is 98.5 Å². The van der Waals surface area contributed by atoms with Gasteiger partial charge in [0.2, 0.25) is 5.95 Å². The molecule has 0 radical (unpaired) electrons. The zero-order chi connectivity index (χ0) is 29.1. The van der Waals surface area contributed by atoms with Crippen molar-refractivity contribution in [1.29, 1.82) is 0 Å². The number of imidazole rings is 1. The van der Waals surface area contributed by atoms with Gasteiger partial charge in [-0.3, -0.25) is 23.4 Å². The Balaban J connectivity index is 1.16. The number of nitrogen functional groups attached to an aromatic ring is 2. The number of fused-ring (bicyclic) bond motifs is 2. The van der Waals surface area contributed by atoms with Crippen molar-refractivity contribution in [3.63, 3.8) is 0 Å². The quantitative estimate of drug-likeness (QED) is 0.101. The first-order valence-electron chi connectivity index (χ1n) is 12.0. The summed E-state index contributed by atoms with van der Waals surface area (Å²) in [5, 5.41) is 27.7. The largest absolute Gasteiger partial charge is 0.394 e. The van der Waals surface area contributed by atoms with Crippen molar-refractivity contribution in [3.05, 3.63) is 23.0 Å². The Morgan fingerprint density at radius 1 is 1.22 bits per heavy atom. The Hall–Kier alpha value is -3.30. The zero-order valence-corrected chi connectivity index (χ0v) is 22.5. The molecule has 8 atom stereocenters. The van der Waals surface area contributed by atoms with Gasteiger partial charge in [0, 0.05) is 6.42 Å². The summed E-state index contributed by atoms with van der Waals surface area (Å²) in [7, 11) is 0. The molecule has 0 aliphatic carbocycles. The predicted octanol–water partition coefficient (Wildman–Crippen LogP) is -1.17. The Morgan fingerprint density at radius 2 is 2.02 bits per heavy atom. The molecule has 6 rings (SSSR count). The summed E-state index contributed by atoms with van der Waals surface area (Å²) >= 11 is 4.02. The van der Waals surface area contributed by atoms with Crippen LogP contribution in [0.4, 0.5) is 16.2 Å². The Morgan fingerprint density at radius 3 is 2.80 bits per heavy atom. The molecule has 1 unspecified atom stereocenters. The molecule has 4 aromatic rings. The lowest BCUT2D eigenvalue weighted by atomic mass is 10.1. The molecule has 0 aromatic carbocycles. The molecule has 2 fully saturated rings. The van der Waals surface area contributed by atoms with Crippen LogP contribution in [0.3, 0.4) is 0 Å². The van der Waals surface area contributed by atoms with E-state index in [2.05, 4.69) is 47.5 Å². The minimum absolute atomic E-state index is 0.0237. The number of nitrogens with zero attached hydrogens (tertiary/aromatic N) is 8. The zero-order valence-electron chi connectivity index (χ0n) is 20.7. The van der Waals surface area contributed by atoms with Crippen molar-refractivity contribution in [2.75, 3.05) is 24.7 Å². The van der Waals surface area contributed by atoms with E-state index in [1.807, 2.05) is 0 Å². The second-order valence-corrected chi connectivity index (χ2v) is 12.1. The van der Waals surface area contributed by atoms with Gasteiger partial charge in [0.1, 0.15) is 24.6 Å². The van der Waals surface area contributed by atoms with Crippen LogP contribution < -0.4 is 17.0 Å². The first-order chi connectivity index (χ1) is 19.6. The van der Waals surface area contributed by atoms with Gasteiger partial charge >= 0.3 is 6.80 Å². The summed E-state index contributed by atoms with van der Waals surface area (Å²) < 4.78 is 53.0. The molecule has 0 amide bonds. The van der Waals surface area contributed by atoms with Gasteiger partial charge in [-0.05, 0) is 0 Å². The predicted molar refractivity (Wildman–Crippen MR) is 138 cm³/mol. The third kappa shape index (κ3) is 5.03. The van der Waals surface area contributed by atoms with Gasteiger partial charge in [0.25, 0.3) is 5.56 Å². The molecule has 6 heterocycles. The normalized spacial score (nSPS) is 29.9. The van der Waals surface area contributed by atoms with E-state index in [1.54, 1.807) is 0 Å². The van der Waals surface area contributed by atoms with Crippen LogP contribution in [0.25, 0.3) is 22.3 Å². The van der Waals surface area contributed by atoms with Gasteiger partial charge in [-0.1, -0.05) is 17.5 Å². The minimum Gasteiger partial charge on any atom is -0.394 e. The Bertz CT molecular complexity index is 1700. The van der Waals surface area contributed by atoms with Crippen LogP contribution in [0.1, 0.15) is 18.9 Å². The molecule has 41 heavy (non-hydrogen) atoms. The van der Waals surface area contributed by atoms with Crippen molar-refractivity contribution in [1.82, 2.24) is 44.5 Å². The number of aliphatic hydroxyl groups is 2. The maximum absolute atomic E-state index is 15.0. The highest BCUT2D eigenvalue weighted by Crippen LogP contribution is 2.57. The second-order valence-electron chi connectivity index (χ2n) is 9.22. The smallest absolute Gasteiger partial charge is 0.386 e. The van der Waals surface area contributed by atoms with Crippen molar-refractivity contribution >= 4 is 53.1 Å². The highest BCUT2D eigenvalue weighted by Gasteiger charge is 2.48. The first-order valence-corrected chi connectivity index (χ1v) is 14.7. The van der Waals surface area contributed by atoms with E-state index in [0.29, 0.717) is 0 Å². The van der Waals surface area contributed by atoms with E-state index in [0.717, 1.165) is 11.0 Å². The molecule has 2 aliphatic heterocycles. The maximum Gasteiger partial charge on any atom is 0.386 e. The SMILES string of the molecule is Nc1nc2c(ncn2[C@@H]2O[C@H](CO)C[C@H]2OP(=O)(S)OC[C@H]2O[C@@H](n3nnc4c(N)ncnc43)[C@@H](F)[C@@H]2O)c(=O)[nH]1. The number of hydrogen-bond donors (Lipinski definition) is 6. The fourth-order valence-corrected chi connectivity index (χ4v) is 6.16. The van der Waals surface area contributed by atoms with E-state index < -0.39 is 68.6 Å². The molecule has 2 saturated heterocycles. The van der Waals surface area contributed by atoms with Gasteiger partial charge in [0.05, 0.1) is 25.6 Å².